The zero-order chi connectivity index (χ0) is 16.2. The van der Waals surface area contributed by atoms with Crippen LogP contribution < -0.4 is 10.2 Å². The maximum Gasteiger partial charge on any atom is 0.326 e. The Balaban J connectivity index is 1.85. The summed E-state index contributed by atoms with van der Waals surface area (Å²) in [4.78, 5) is 14.1. The van der Waals surface area contributed by atoms with E-state index in [1.807, 2.05) is 67.7 Å². The smallest absolute Gasteiger partial charge is 0.304 e. The van der Waals surface area contributed by atoms with E-state index in [0.717, 1.165) is 16.9 Å². The lowest BCUT2D eigenvalue weighted by molar-refractivity contribution is 0.258. The third-order valence-corrected chi connectivity index (χ3v) is 3.57. The van der Waals surface area contributed by atoms with Gasteiger partial charge in [0.05, 0.1) is 5.69 Å². The molecule has 0 saturated carbocycles. The molecule has 2 aromatic carbocycles. The SMILES string of the molecule is CN(C(=O)Nc1cn(C)nc1-c1ccccc1)c1ccccc1. The molecular formula is C18H18N4O. The third-order valence-electron chi connectivity index (χ3n) is 3.57. The lowest BCUT2D eigenvalue weighted by Crippen LogP contribution is -2.31. The molecule has 0 aliphatic carbocycles. The number of aryl methyl sites for hydroxylation is 1. The number of nitrogens with one attached hydrogen (secondary N) is 1. The van der Waals surface area contributed by atoms with E-state index < -0.39 is 0 Å². The minimum atomic E-state index is -0.207. The Labute approximate surface area is 135 Å². The van der Waals surface area contributed by atoms with E-state index in [1.54, 1.807) is 22.8 Å². The fourth-order valence-corrected chi connectivity index (χ4v) is 2.36. The van der Waals surface area contributed by atoms with Crippen molar-refractivity contribution >= 4 is 17.4 Å². The number of hydrogen-bond acceptors (Lipinski definition) is 2. The first kappa shape index (κ1) is 14.8. The lowest BCUT2D eigenvalue weighted by atomic mass is 10.1. The second-order valence-corrected chi connectivity index (χ2v) is 5.26. The number of anilines is 2. The van der Waals surface area contributed by atoms with Gasteiger partial charge in [-0.2, -0.15) is 5.10 Å². The highest BCUT2D eigenvalue weighted by Gasteiger charge is 2.16. The quantitative estimate of drug-likeness (QED) is 0.801. The summed E-state index contributed by atoms with van der Waals surface area (Å²) in [7, 11) is 3.58. The second-order valence-electron chi connectivity index (χ2n) is 5.26. The molecule has 1 N–H and O–H groups in total. The molecule has 0 bridgehead atoms. The molecule has 5 nitrogen and oxygen atoms in total. The Hall–Kier alpha value is -3.08. The van der Waals surface area contributed by atoms with Crippen molar-refractivity contribution in [2.24, 2.45) is 7.05 Å². The predicted molar refractivity (Wildman–Crippen MR) is 92.5 cm³/mol. The highest BCUT2D eigenvalue weighted by Crippen LogP contribution is 2.26. The van der Waals surface area contributed by atoms with Gasteiger partial charge in [0.2, 0.25) is 0 Å². The van der Waals surface area contributed by atoms with E-state index in [1.165, 1.54) is 0 Å². The molecular weight excluding hydrogens is 288 g/mol. The summed E-state index contributed by atoms with van der Waals surface area (Å²) < 4.78 is 1.69. The molecule has 5 heteroatoms. The Kier molecular flexibility index (Phi) is 4.10. The van der Waals surface area contributed by atoms with Crippen LogP contribution in [0.5, 0.6) is 0 Å². The number of benzene rings is 2. The monoisotopic (exact) mass is 306 g/mol. The Morgan fingerprint density at radius 3 is 2.30 bits per heavy atom. The fourth-order valence-electron chi connectivity index (χ4n) is 2.36. The van der Waals surface area contributed by atoms with Crippen molar-refractivity contribution in [1.82, 2.24) is 9.78 Å². The molecule has 116 valence electrons. The molecule has 0 saturated heterocycles. The molecule has 0 atom stereocenters. The van der Waals surface area contributed by atoms with Gasteiger partial charge in [0.15, 0.2) is 0 Å². The number of rotatable bonds is 3. The van der Waals surface area contributed by atoms with Crippen LogP contribution in [0.3, 0.4) is 0 Å². The van der Waals surface area contributed by atoms with Gasteiger partial charge in [0.1, 0.15) is 5.69 Å². The molecule has 3 rings (SSSR count). The molecule has 0 radical (unpaired) electrons. The number of amides is 2. The van der Waals surface area contributed by atoms with Gasteiger partial charge in [-0.1, -0.05) is 48.5 Å². The van der Waals surface area contributed by atoms with Crippen molar-refractivity contribution in [2.75, 3.05) is 17.3 Å². The van der Waals surface area contributed by atoms with Crippen LogP contribution in [0.15, 0.2) is 66.9 Å². The summed E-state index contributed by atoms with van der Waals surface area (Å²) in [5.74, 6) is 0. The van der Waals surface area contributed by atoms with Crippen LogP contribution in [0, 0.1) is 0 Å². The summed E-state index contributed by atoms with van der Waals surface area (Å²) in [5.41, 5.74) is 3.23. The van der Waals surface area contributed by atoms with Gasteiger partial charge in [0.25, 0.3) is 0 Å². The standard InChI is InChI=1S/C18H18N4O/c1-21-13-16(17(20-21)14-9-5-3-6-10-14)19-18(23)22(2)15-11-7-4-8-12-15/h3-13H,1-2H3,(H,19,23). The maximum atomic E-state index is 12.5. The van der Waals surface area contributed by atoms with Gasteiger partial charge in [0, 0.05) is 31.5 Å². The lowest BCUT2D eigenvalue weighted by Gasteiger charge is -2.17. The molecule has 3 aromatic rings. The van der Waals surface area contributed by atoms with Crippen molar-refractivity contribution in [3.05, 3.63) is 66.9 Å². The van der Waals surface area contributed by atoms with Crippen LogP contribution in [-0.2, 0) is 7.05 Å². The van der Waals surface area contributed by atoms with E-state index >= 15 is 0 Å². The summed E-state index contributed by atoms with van der Waals surface area (Å²) in [6.07, 6.45) is 1.80. The molecule has 0 aliphatic rings. The van der Waals surface area contributed by atoms with Crippen molar-refractivity contribution in [3.8, 4) is 11.3 Å². The van der Waals surface area contributed by atoms with Crippen molar-refractivity contribution in [2.45, 2.75) is 0 Å². The number of aromatic nitrogens is 2. The van der Waals surface area contributed by atoms with Crippen molar-refractivity contribution in [3.63, 3.8) is 0 Å². The Bertz CT molecular complexity index is 796. The average Bonchev–Trinajstić information content (AvgIpc) is 2.96. The number of urea groups is 1. The highest BCUT2D eigenvalue weighted by molar-refractivity contribution is 6.03. The van der Waals surface area contributed by atoms with Crippen molar-refractivity contribution < 1.29 is 4.79 Å². The van der Waals surface area contributed by atoms with Crippen LogP contribution in [-0.4, -0.2) is 22.9 Å². The van der Waals surface area contributed by atoms with E-state index in [9.17, 15) is 4.79 Å². The van der Waals surface area contributed by atoms with E-state index in [2.05, 4.69) is 10.4 Å². The number of carbonyl (C=O) groups is 1. The number of carbonyl (C=O) groups excluding carboxylic acids is 1. The second kappa shape index (κ2) is 6.36. The largest absolute Gasteiger partial charge is 0.326 e. The van der Waals surface area contributed by atoms with E-state index in [-0.39, 0.29) is 6.03 Å². The molecule has 23 heavy (non-hydrogen) atoms. The molecule has 2 amide bonds. The fraction of sp³-hybridized carbons (Fsp3) is 0.111. The minimum absolute atomic E-state index is 0.207. The van der Waals surface area contributed by atoms with Crippen LogP contribution in [0.2, 0.25) is 0 Å². The maximum absolute atomic E-state index is 12.5. The average molecular weight is 306 g/mol. The molecule has 0 unspecified atom stereocenters. The summed E-state index contributed by atoms with van der Waals surface area (Å²) in [6, 6.07) is 19.1. The molecule has 0 fully saturated rings. The molecule has 1 heterocycles. The zero-order valence-electron chi connectivity index (χ0n) is 13.1. The predicted octanol–water partition coefficient (Wildman–Crippen LogP) is 3.76. The first-order valence-corrected chi connectivity index (χ1v) is 7.34. The van der Waals surface area contributed by atoms with Crippen LogP contribution in [0.25, 0.3) is 11.3 Å². The highest BCUT2D eigenvalue weighted by atomic mass is 16.2. The zero-order valence-corrected chi connectivity index (χ0v) is 13.1. The van der Waals surface area contributed by atoms with Crippen LogP contribution >= 0.6 is 0 Å². The summed E-state index contributed by atoms with van der Waals surface area (Å²) in [6.45, 7) is 0. The summed E-state index contributed by atoms with van der Waals surface area (Å²) >= 11 is 0. The van der Waals surface area contributed by atoms with Gasteiger partial charge < -0.3 is 5.32 Å². The molecule has 0 aliphatic heterocycles. The topological polar surface area (TPSA) is 50.2 Å². The molecule has 1 aromatic heterocycles. The normalized spacial score (nSPS) is 10.3. The Morgan fingerprint density at radius 2 is 1.65 bits per heavy atom. The van der Waals surface area contributed by atoms with Crippen LogP contribution in [0.4, 0.5) is 16.2 Å². The van der Waals surface area contributed by atoms with Gasteiger partial charge in [-0.05, 0) is 12.1 Å². The van der Waals surface area contributed by atoms with Gasteiger partial charge in [-0.3, -0.25) is 9.58 Å². The molecule has 0 spiro atoms. The van der Waals surface area contributed by atoms with Gasteiger partial charge in [-0.25, -0.2) is 4.79 Å². The van der Waals surface area contributed by atoms with Crippen LogP contribution in [0.1, 0.15) is 0 Å². The third kappa shape index (κ3) is 3.23. The Morgan fingerprint density at radius 1 is 1.04 bits per heavy atom. The van der Waals surface area contributed by atoms with E-state index in [4.69, 9.17) is 0 Å². The van der Waals surface area contributed by atoms with Gasteiger partial charge >= 0.3 is 6.03 Å². The summed E-state index contributed by atoms with van der Waals surface area (Å²) in [5, 5.41) is 7.38. The number of para-hydroxylation sites is 1. The minimum Gasteiger partial charge on any atom is -0.304 e. The van der Waals surface area contributed by atoms with Crippen molar-refractivity contribution in [1.29, 1.82) is 0 Å². The number of hydrogen-bond donors (Lipinski definition) is 1. The number of nitrogens with zero attached hydrogens (tertiary/aromatic N) is 3. The van der Waals surface area contributed by atoms with Gasteiger partial charge in [-0.15, -0.1) is 0 Å². The first-order chi connectivity index (χ1) is 11.1. The van der Waals surface area contributed by atoms with E-state index in [0.29, 0.717) is 5.69 Å². The first-order valence-electron chi connectivity index (χ1n) is 7.34.